The Hall–Kier alpha value is -1.59. The van der Waals surface area contributed by atoms with Gasteiger partial charge in [0.15, 0.2) is 6.10 Å². The Labute approximate surface area is 438 Å². The van der Waals surface area contributed by atoms with Gasteiger partial charge in [-0.1, -0.05) is 324 Å². The SMILES string of the molecule is CCCCCCCCCCCC(=O)OC[C@H](COC(=O)CCCCCCCCCCCCCCCCCCCCC(C)CC)OC(=O)CCCCCCCCCCCCCCCCCCCCC(C)C. The Morgan fingerprint density at radius 2 is 0.543 bits per heavy atom. The van der Waals surface area contributed by atoms with Gasteiger partial charge in [-0.2, -0.15) is 0 Å². The van der Waals surface area contributed by atoms with Gasteiger partial charge in [0.05, 0.1) is 0 Å². The lowest BCUT2D eigenvalue weighted by Crippen LogP contribution is -2.30. The fraction of sp³-hybridized carbons (Fsp3) is 0.953. The molecule has 0 aromatic rings. The summed E-state index contributed by atoms with van der Waals surface area (Å²) in [6.07, 6.45) is 62.5. The summed E-state index contributed by atoms with van der Waals surface area (Å²) in [5.41, 5.74) is 0. The molecule has 1 unspecified atom stereocenters. The van der Waals surface area contributed by atoms with Crippen LogP contribution in [0.3, 0.4) is 0 Å². The minimum absolute atomic E-state index is 0.0621. The molecule has 0 aromatic carbocycles. The molecule has 0 saturated heterocycles. The molecular weight excluding hydrogens is 865 g/mol. The van der Waals surface area contributed by atoms with Gasteiger partial charge in [-0.3, -0.25) is 14.4 Å². The van der Waals surface area contributed by atoms with Crippen LogP contribution in [0.5, 0.6) is 0 Å². The normalized spacial score (nSPS) is 12.4. The summed E-state index contributed by atoms with van der Waals surface area (Å²) in [6.45, 7) is 11.5. The summed E-state index contributed by atoms with van der Waals surface area (Å²) in [4.78, 5) is 38.2. The Bertz CT molecular complexity index is 1070. The smallest absolute Gasteiger partial charge is 0.306 e. The first-order valence-electron chi connectivity index (χ1n) is 31.8. The molecule has 0 saturated carbocycles. The molecule has 0 bridgehead atoms. The highest BCUT2D eigenvalue weighted by atomic mass is 16.6. The minimum atomic E-state index is -0.762. The second-order valence-electron chi connectivity index (χ2n) is 22.8. The van der Waals surface area contributed by atoms with Gasteiger partial charge < -0.3 is 14.2 Å². The van der Waals surface area contributed by atoms with Crippen LogP contribution in [0.1, 0.15) is 362 Å². The van der Waals surface area contributed by atoms with Gasteiger partial charge in [-0.25, -0.2) is 0 Å². The number of carbonyl (C=O) groups is 3. The maximum atomic E-state index is 12.9. The van der Waals surface area contributed by atoms with Crippen molar-refractivity contribution in [3.63, 3.8) is 0 Å². The van der Waals surface area contributed by atoms with E-state index in [1.165, 1.54) is 250 Å². The van der Waals surface area contributed by atoms with Crippen LogP contribution in [0.4, 0.5) is 0 Å². The topological polar surface area (TPSA) is 78.9 Å². The van der Waals surface area contributed by atoms with E-state index in [9.17, 15) is 14.4 Å². The third-order valence-electron chi connectivity index (χ3n) is 15.1. The number of rotatable bonds is 58. The third-order valence-corrected chi connectivity index (χ3v) is 15.1. The van der Waals surface area contributed by atoms with Gasteiger partial charge in [0.2, 0.25) is 0 Å². The number of hydrogen-bond donors (Lipinski definition) is 0. The molecule has 0 amide bonds. The quantitative estimate of drug-likeness (QED) is 0.0343. The Morgan fingerprint density at radius 1 is 0.300 bits per heavy atom. The van der Waals surface area contributed by atoms with E-state index in [1.807, 2.05) is 0 Å². The predicted molar refractivity (Wildman–Crippen MR) is 303 cm³/mol. The van der Waals surface area contributed by atoms with Gasteiger partial charge in [-0.15, -0.1) is 0 Å². The summed E-state index contributed by atoms with van der Waals surface area (Å²) in [5.74, 6) is 0.932. The molecule has 0 N–H and O–H groups in total. The van der Waals surface area contributed by atoms with E-state index < -0.39 is 6.10 Å². The monoisotopic (exact) mass is 989 g/mol. The molecule has 0 aliphatic carbocycles. The Morgan fingerprint density at radius 3 is 0.814 bits per heavy atom. The summed E-state index contributed by atoms with van der Waals surface area (Å²) < 4.78 is 16.9. The highest BCUT2D eigenvalue weighted by molar-refractivity contribution is 5.71. The van der Waals surface area contributed by atoms with Crippen molar-refractivity contribution in [3.8, 4) is 0 Å². The van der Waals surface area contributed by atoms with E-state index >= 15 is 0 Å². The maximum absolute atomic E-state index is 12.9. The van der Waals surface area contributed by atoms with Crippen molar-refractivity contribution in [1.29, 1.82) is 0 Å². The van der Waals surface area contributed by atoms with Crippen LogP contribution in [0.2, 0.25) is 0 Å². The fourth-order valence-corrected chi connectivity index (χ4v) is 9.90. The van der Waals surface area contributed by atoms with Crippen molar-refractivity contribution in [2.45, 2.75) is 368 Å². The molecule has 70 heavy (non-hydrogen) atoms. The van der Waals surface area contributed by atoms with E-state index in [4.69, 9.17) is 14.2 Å². The second-order valence-corrected chi connectivity index (χ2v) is 22.8. The lowest BCUT2D eigenvalue weighted by Gasteiger charge is -2.18. The van der Waals surface area contributed by atoms with E-state index in [-0.39, 0.29) is 31.1 Å². The molecule has 0 fully saturated rings. The predicted octanol–water partition coefficient (Wildman–Crippen LogP) is 21.2. The zero-order chi connectivity index (χ0) is 51.1. The van der Waals surface area contributed by atoms with Crippen molar-refractivity contribution < 1.29 is 28.6 Å². The van der Waals surface area contributed by atoms with Gasteiger partial charge in [-0.05, 0) is 31.1 Å². The largest absolute Gasteiger partial charge is 0.462 e. The van der Waals surface area contributed by atoms with Gasteiger partial charge >= 0.3 is 17.9 Å². The molecule has 0 aliphatic heterocycles. The van der Waals surface area contributed by atoms with Gasteiger partial charge in [0, 0.05) is 19.3 Å². The first-order valence-corrected chi connectivity index (χ1v) is 31.8. The highest BCUT2D eigenvalue weighted by Crippen LogP contribution is 2.19. The van der Waals surface area contributed by atoms with Crippen LogP contribution in [-0.4, -0.2) is 37.2 Å². The van der Waals surface area contributed by atoms with E-state index in [0.29, 0.717) is 19.3 Å². The van der Waals surface area contributed by atoms with Crippen molar-refractivity contribution in [2.75, 3.05) is 13.2 Å². The summed E-state index contributed by atoms with van der Waals surface area (Å²) in [5, 5.41) is 0. The van der Waals surface area contributed by atoms with Gasteiger partial charge in [0.25, 0.3) is 0 Å². The molecule has 0 heterocycles. The van der Waals surface area contributed by atoms with Crippen molar-refractivity contribution in [1.82, 2.24) is 0 Å². The zero-order valence-electron chi connectivity index (χ0n) is 48.2. The molecule has 6 nitrogen and oxygen atoms in total. The van der Waals surface area contributed by atoms with Crippen LogP contribution in [0, 0.1) is 11.8 Å². The lowest BCUT2D eigenvalue weighted by molar-refractivity contribution is -0.167. The zero-order valence-corrected chi connectivity index (χ0v) is 48.2. The lowest BCUT2D eigenvalue weighted by atomic mass is 9.99. The van der Waals surface area contributed by atoms with E-state index in [2.05, 4.69) is 34.6 Å². The Kier molecular flexibility index (Phi) is 55.4. The number of esters is 3. The molecule has 0 aromatic heterocycles. The molecule has 0 rings (SSSR count). The van der Waals surface area contributed by atoms with Gasteiger partial charge in [0.1, 0.15) is 13.2 Å². The summed E-state index contributed by atoms with van der Waals surface area (Å²) in [7, 11) is 0. The van der Waals surface area contributed by atoms with Crippen molar-refractivity contribution in [2.24, 2.45) is 11.8 Å². The van der Waals surface area contributed by atoms with Crippen molar-refractivity contribution in [3.05, 3.63) is 0 Å². The third kappa shape index (κ3) is 55.7. The number of hydrogen-bond acceptors (Lipinski definition) is 6. The van der Waals surface area contributed by atoms with Crippen LogP contribution in [0.25, 0.3) is 0 Å². The molecule has 2 atom stereocenters. The summed E-state index contributed by atoms with van der Waals surface area (Å²) >= 11 is 0. The Balaban J connectivity index is 4.15. The maximum Gasteiger partial charge on any atom is 0.306 e. The van der Waals surface area contributed by atoms with E-state index in [1.54, 1.807) is 0 Å². The molecule has 416 valence electrons. The van der Waals surface area contributed by atoms with Crippen LogP contribution < -0.4 is 0 Å². The van der Waals surface area contributed by atoms with E-state index in [0.717, 1.165) is 69.6 Å². The summed E-state index contributed by atoms with van der Waals surface area (Å²) in [6, 6.07) is 0. The van der Waals surface area contributed by atoms with Crippen LogP contribution in [0.15, 0.2) is 0 Å². The number of carbonyl (C=O) groups excluding carboxylic acids is 3. The molecular formula is C64H124O6. The standard InChI is InChI=1S/C64H124O6/c1-6-8-9-10-11-32-39-44-49-54-62(65)68-57-61(70-64(67)56-51-46-41-36-31-27-23-19-14-12-16-20-24-28-33-37-42-47-52-59(3)4)58-69-63(66)55-50-45-40-35-30-26-22-18-15-13-17-21-25-29-34-38-43-48-53-60(5)7-2/h59-61H,6-58H2,1-5H3/t60?,61-/m1/s1. The minimum Gasteiger partial charge on any atom is -0.462 e. The average molecular weight is 990 g/mol. The second kappa shape index (κ2) is 56.7. The number of unbranched alkanes of at least 4 members (excludes halogenated alkanes) is 42. The fourth-order valence-electron chi connectivity index (χ4n) is 9.90. The number of ether oxygens (including phenoxy) is 3. The van der Waals surface area contributed by atoms with Crippen molar-refractivity contribution >= 4 is 17.9 Å². The molecule has 0 radical (unpaired) electrons. The van der Waals surface area contributed by atoms with Crippen LogP contribution >= 0.6 is 0 Å². The molecule has 0 spiro atoms. The first-order chi connectivity index (χ1) is 34.3. The van der Waals surface area contributed by atoms with Crippen LogP contribution in [-0.2, 0) is 28.6 Å². The highest BCUT2D eigenvalue weighted by Gasteiger charge is 2.19. The molecule has 6 heteroatoms. The molecule has 0 aliphatic rings. The first kappa shape index (κ1) is 68.4. The average Bonchev–Trinajstić information content (AvgIpc) is 3.35.